The van der Waals surface area contributed by atoms with Crippen LogP contribution in [0.25, 0.3) is 0 Å². The Morgan fingerprint density at radius 1 is 1.24 bits per heavy atom. The zero-order valence-electron chi connectivity index (χ0n) is 11.5. The second kappa shape index (κ2) is 6.65. The number of ether oxygens (including phenoxy) is 1. The molecule has 1 aromatic rings. The number of hydrogen-bond acceptors (Lipinski definition) is 2. The van der Waals surface area contributed by atoms with Gasteiger partial charge in [-0.15, -0.1) is 0 Å². The first-order valence-electron chi connectivity index (χ1n) is 6.63. The van der Waals surface area contributed by atoms with Gasteiger partial charge in [-0.05, 0) is 49.8 Å². The summed E-state index contributed by atoms with van der Waals surface area (Å²) in [6.07, 6.45) is 2.98. The highest BCUT2D eigenvalue weighted by Gasteiger charge is 2.09. The first-order chi connectivity index (χ1) is 8.12. The average molecular weight is 235 g/mol. The summed E-state index contributed by atoms with van der Waals surface area (Å²) in [4.78, 5) is 0. The minimum Gasteiger partial charge on any atom is -0.493 e. The summed E-state index contributed by atoms with van der Waals surface area (Å²) in [6.45, 7) is 9.17. The number of aryl methyl sites for hydroxylation is 2. The monoisotopic (exact) mass is 235 g/mol. The number of hydrogen-bond donors (Lipinski definition) is 1. The van der Waals surface area contributed by atoms with Crippen LogP contribution in [0, 0.1) is 6.92 Å². The lowest BCUT2D eigenvalue weighted by Crippen LogP contribution is -2.21. The van der Waals surface area contributed by atoms with E-state index in [-0.39, 0.29) is 6.04 Å². The van der Waals surface area contributed by atoms with Gasteiger partial charge in [-0.25, -0.2) is 0 Å². The average Bonchev–Trinajstić information content (AvgIpc) is 2.32. The van der Waals surface area contributed by atoms with Gasteiger partial charge < -0.3 is 10.5 Å². The molecule has 2 nitrogen and oxygen atoms in total. The molecule has 0 heterocycles. The predicted molar refractivity (Wildman–Crippen MR) is 73.7 cm³/mol. The zero-order valence-corrected chi connectivity index (χ0v) is 11.5. The van der Waals surface area contributed by atoms with Crippen molar-refractivity contribution in [2.75, 3.05) is 6.61 Å². The maximum Gasteiger partial charge on any atom is 0.125 e. The molecule has 1 rings (SSSR count). The lowest BCUT2D eigenvalue weighted by atomic mass is 9.98. The van der Waals surface area contributed by atoms with Crippen LogP contribution in [0.1, 0.15) is 43.9 Å². The summed E-state index contributed by atoms with van der Waals surface area (Å²) in [5.41, 5.74) is 9.87. The van der Waals surface area contributed by atoms with E-state index in [9.17, 15) is 0 Å². The number of rotatable bonds is 6. The minimum absolute atomic E-state index is 0.261. The summed E-state index contributed by atoms with van der Waals surface area (Å²) in [6, 6.07) is 4.71. The van der Waals surface area contributed by atoms with Crippen molar-refractivity contribution in [2.24, 2.45) is 5.73 Å². The van der Waals surface area contributed by atoms with Crippen LogP contribution < -0.4 is 10.5 Å². The molecule has 17 heavy (non-hydrogen) atoms. The SMILES string of the molecule is CCOc1c(C)cc(CC(N)CC)cc1CC. The summed E-state index contributed by atoms with van der Waals surface area (Å²) >= 11 is 0. The van der Waals surface area contributed by atoms with Crippen molar-refractivity contribution in [3.8, 4) is 5.75 Å². The van der Waals surface area contributed by atoms with Gasteiger partial charge in [0, 0.05) is 6.04 Å². The summed E-state index contributed by atoms with van der Waals surface area (Å²) in [5.74, 6) is 1.06. The maximum absolute atomic E-state index is 6.01. The fraction of sp³-hybridized carbons (Fsp3) is 0.600. The van der Waals surface area contributed by atoms with Crippen LogP contribution in [-0.4, -0.2) is 12.6 Å². The molecule has 0 saturated heterocycles. The van der Waals surface area contributed by atoms with Crippen molar-refractivity contribution < 1.29 is 4.74 Å². The van der Waals surface area contributed by atoms with Gasteiger partial charge in [-0.3, -0.25) is 0 Å². The molecule has 0 spiro atoms. The predicted octanol–water partition coefficient (Wildman–Crippen LogP) is 3.24. The molecule has 0 radical (unpaired) electrons. The first kappa shape index (κ1) is 14.0. The molecule has 1 aromatic carbocycles. The van der Waals surface area contributed by atoms with Crippen LogP contribution in [0.4, 0.5) is 0 Å². The molecule has 0 amide bonds. The normalized spacial score (nSPS) is 12.5. The van der Waals surface area contributed by atoms with E-state index in [4.69, 9.17) is 10.5 Å². The molecule has 1 atom stereocenters. The van der Waals surface area contributed by atoms with Crippen LogP contribution >= 0.6 is 0 Å². The smallest absolute Gasteiger partial charge is 0.125 e. The van der Waals surface area contributed by atoms with Crippen molar-refractivity contribution in [3.05, 3.63) is 28.8 Å². The Morgan fingerprint density at radius 2 is 1.94 bits per heavy atom. The van der Waals surface area contributed by atoms with Gasteiger partial charge in [-0.2, -0.15) is 0 Å². The van der Waals surface area contributed by atoms with E-state index in [1.807, 2.05) is 6.92 Å². The molecule has 0 bridgehead atoms. The van der Waals surface area contributed by atoms with Gasteiger partial charge in [0.05, 0.1) is 6.61 Å². The van der Waals surface area contributed by atoms with Crippen LogP contribution in [0.2, 0.25) is 0 Å². The van der Waals surface area contributed by atoms with Gasteiger partial charge in [-0.1, -0.05) is 26.0 Å². The van der Waals surface area contributed by atoms with E-state index in [0.29, 0.717) is 0 Å². The second-order valence-corrected chi connectivity index (χ2v) is 4.56. The lowest BCUT2D eigenvalue weighted by Gasteiger charge is -2.16. The molecule has 0 fully saturated rings. The van der Waals surface area contributed by atoms with Crippen LogP contribution in [0.3, 0.4) is 0 Å². The van der Waals surface area contributed by atoms with Gasteiger partial charge >= 0.3 is 0 Å². The minimum atomic E-state index is 0.261. The molecule has 96 valence electrons. The van der Waals surface area contributed by atoms with E-state index in [2.05, 4.69) is 32.9 Å². The Labute approximate surface area is 105 Å². The van der Waals surface area contributed by atoms with E-state index in [0.717, 1.165) is 31.6 Å². The zero-order chi connectivity index (χ0) is 12.8. The quantitative estimate of drug-likeness (QED) is 0.821. The Hall–Kier alpha value is -1.02. The topological polar surface area (TPSA) is 35.2 Å². The highest BCUT2D eigenvalue weighted by molar-refractivity contribution is 5.44. The molecule has 1 unspecified atom stereocenters. The van der Waals surface area contributed by atoms with E-state index in [1.165, 1.54) is 16.7 Å². The third kappa shape index (κ3) is 3.74. The maximum atomic E-state index is 6.01. The number of nitrogens with two attached hydrogens (primary N) is 1. The summed E-state index contributed by atoms with van der Waals surface area (Å²) < 4.78 is 5.71. The molecule has 0 aromatic heterocycles. The molecule has 0 aliphatic heterocycles. The highest BCUT2D eigenvalue weighted by Crippen LogP contribution is 2.26. The summed E-state index contributed by atoms with van der Waals surface area (Å²) in [5, 5.41) is 0. The molecule has 0 saturated carbocycles. The second-order valence-electron chi connectivity index (χ2n) is 4.56. The fourth-order valence-electron chi connectivity index (χ4n) is 2.11. The van der Waals surface area contributed by atoms with E-state index in [1.54, 1.807) is 0 Å². The standard InChI is InChI=1S/C15H25NO/c1-5-13-9-12(10-14(16)6-2)8-11(4)15(13)17-7-3/h8-9,14H,5-7,10,16H2,1-4H3. The fourth-order valence-corrected chi connectivity index (χ4v) is 2.11. The van der Waals surface area contributed by atoms with Crippen molar-refractivity contribution in [1.29, 1.82) is 0 Å². The van der Waals surface area contributed by atoms with Gasteiger partial charge in [0.1, 0.15) is 5.75 Å². The van der Waals surface area contributed by atoms with E-state index < -0.39 is 0 Å². The van der Waals surface area contributed by atoms with Crippen LogP contribution in [0.5, 0.6) is 5.75 Å². The van der Waals surface area contributed by atoms with E-state index >= 15 is 0 Å². The molecule has 0 aliphatic carbocycles. The number of benzene rings is 1. The van der Waals surface area contributed by atoms with Crippen molar-refractivity contribution in [3.63, 3.8) is 0 Å². The highest BCUT2D eigenvalue weighted by atomic mass is 16.5. The van der Waals surface area contributed by atoms with Gasteiger partial charge in [0.2, 0.25) is 0 Å². The Balaban J connectivity index is 3.00. The van der Waals surface area contributed by atoms with Crippen LogP contribution in [0.15, 0.2) is 12.1 Å². The molecule has 0 aliphatic rings. The Kier molecular flexibility index (Phi) is 5.49. The molecule has 2 heteroatoms. The summed E-state index contributed by atoms with van der Waals surface area (Å²) in [7, 11) is 0. The molecule has 2 N–H and O–H groups in total. The van der Waals surface area contributed by atoms with Gasteiger partial charge in [0.25, 0.3) is 0 Å². The van der Waals surface area contributed by atoms with Crippen molar-refractivity contribution >= 4 is 0 Å². The first-order valence-corrected chi connectivity index (χ1v) is 6.63. The molecular weight excluding hydrogens is 210 g/mol. The molecular formula is C15H25NO. The Bertz CT molecular complexity index is 360. The lowest BCUT2D eigenvalue weighted by molar-refractivity contribution is 0.334. The van der Waals surface area contributed by atoms with Crippen molar-refractivity contribution in [1.82, 2.24) is 0 Å². The third-order valence-electron chi connectivity index (χ3n) is 3.10. The Morgan fingerprint density at radius 3 is 2.47 bits per heavy atom. The largest absolute Gasteiger partial charge is 0.493 e. The van der Waals surface area contributed by atoms with Crippen molar-refractivity contribution in [2.45, 2.75) is 53.0 Å². The van der Waals surface area contributed by atoms with Crippen LogP contribution in [-0.2, 0) is 12.8 Å². The third-order valence-corrected chi connectivity index (χ3v) is 3.10. The van der Waals surface area contributed by atoms with Gasteiger partial charge in [0.15, 0.2) is 0 Å².